The molecule has 1 amide bonds. The van der Waals surface area contributed by atoms with E-state index in [1.807, 2.05) is 44.2 Å². The van der Waals surface area contributed by atoms with Crippen molar-refractivity contribution in [3.05, 3.63) is 58.7 Å². The highest BCUT2D eigenvalue weighted by Crippen LogP contribution is 2.25. The smallest absolute Gasteiger partial charge is 0.261 e. The minimum Gasteiger partial charge on any atom is -0.497 e. The summed E-state index contributed by atoms with van der Waals surface area (Å²) in [6, 6.07) is 11.8. The summed E-state index contributed by atoms with van der Waals surface area (Å²) in [4.78, 5) is 12.6. The van der Waals surface area contributed by atoms with Crippen LogP contribution in [0, 0.1) is 20.8 Å². The molecule has 140 valence electrons. The van der Waals surface area contributed by atoms with Crippen LogP contribution in [0.25, 0.3) is 0 Å². The van der Waals surface area contributed by atoms with E-state index in [1.165, 1.54) is 0 Å². The van der Waals surface area contributed by atoms with E-state index in [4.69, 9.17) is 9.47 Å². The van der Waals surface area contributed by atoms with Crippen LogP contribution in [0.4, 0.5) is 0 Å². The van der Waals surface area contributed by atoms with Crippen molar-refractivity contribution >= 4 is 5.91 Å². The molecule has 1 N–H and O–H groups in total. The first-order valence-electron chi connectivity index (χ1n) is 9.04. The maximum atomic E-state index is 12.6. The van der Waals surface area contributed by atoms with Crippen LogP contribution in [0.3, 0.4) is 0 Å². The van der Waals surface area contributed by atoms with Gasteiger partial charge in [-0.05, 0) is 74.6 Å². The molecular weight excluding hydrogens is 326 g/mol. The number of ether oxygens (including phenoxy) is 2. The fraction of sp³-hybridized carbons (Fsp3) is 0.409. The van der Waals surface area contributed by atoms with Crippen LogP contribution in [-0.4, -0.2) is 19.1 Å². The van der Waals surface area contributed by atoms with Gasteiger partial charge in [0.15, 0.2) is 6.10 Å². The van der Waals surface area contributed by atoms with E-state index in [-0.39, 0.29) is 11.9 Å². The number of aryl methyl sites for hydroxylation is 2. The molecule has 0 aliphatic carbocycles. The topological polar surface area (TPSA) is 47.6 Å². The molecule has 0 saturated heterocycles. The summed E-state index contributed by atoms with van der Waals surface area (Å²) in [5, 5.41) is 3.08. The van der Waals surface area contributed by atoms with Gasteiger partial charge in [-0.1, -0.05) is 25.1 Å². The average molecular weight is 355 g/mol. The fourth-order valence-electron chi connectivity index (χ4n) is 2.91. The number of benzene rings is 2. The molecule has 2 atom stereocenters. The first-order valence-corrected chi connectivity index (χ1v) is 9.04. The summed E-state index contributed by atoms with van der Waals surface area (Å²) in [5.41, 5.74) is 4.41. The van der Waals surface area contributed by atoms with Crippen molar-refractivity contribution in [3.63, 3.8) is 0 Å². The van der Waals surface area contributed by atoms with Crippen molar-refractivity contribution in [3.8, 4) is 11.5 Å². The lowest BCUT2D eigenvalue weighted by atomic mass is 10.0. The Bertz CT molecular complexity index is 753. The number of hydrogen-bond acceptors (Lipinski definition) is 3. The lowest BCUT2D eigenvalue weighted by Gasteiger charge is -2.22. The number of carbonyl (C=O) groups excluding carboxylic acids is 1. The van der Waals surface area contributed by atoms with Crippen LogP contribution >= 0.6 is 0 Å². The van der Waals surface area contributed by atoms with Gasteiger partial charge in [0.1, 0.15) is 11.5 Å². The number of methoxy groups -OCH3 is 1. The van der Waals surface area contributed by atoms with Gasteiger partial charge in [-0.3, -0.25) is 4.79 Å². The minimum atomic E-state index is -0.567. The summed E-state index contributed by atoms with van der Waals surface area (Å²) < 4.78 is 11.1. The Morgan fingerprint density at radius 2 is 1.77 bits per heavy atom. The first kappa shape index (κ1) is 19.8. The van der Waals surface area contributed by atoms with Gasteiger partial charge in [-0.25, -0.2) is 0 Å². The summed E-state index contributed by atoms with van der Waals surface area (Å²) in [5.74, 6) is 1.45. The molecule has 0 heterocycles. The van der Waals surface area contributed by atoms with Crippen LogP contribution in [0.5, 0.6) is 11.5 Å². The quantitative estimate of drug-likeness (QED) is 0.786. The van der Waals surface area contributed by atoms with E-state index in [1.54, 1.807) is 14.0 Å². The van der Waals surface area contributed by atoms with Gasteiger partial charge < -0.3 is 14.8 Å². The van der Waals surface area contributed by atoms with E-state index in [0.29, 0.717) is 0 Å². The zero-order chi connectivity index (χ0) is 19.3. The van der Waals surface area contributed by atoms with Gasteiger partial charge in [-0.2, -0.15) is 0 Å². The molecule has 0 bridgehead atoms. The highest BCUT2D eigenvalue weighted by atomic mass is 16.5. The summed E-state index contributed by atoms with van der Waals surface area (Å²) in [7, 11) is 1.64. The molecule has 0 unspecified atom stereocenters. The predicted octanol–water partition coefficient (Wildman–Crippen LogP) is 4.66. The Morgan fingerprint density at radius 3 is 2.35 bits per heavy atom. The van der Waals surface area contributed by atoms with E-state index in [2.05, 4.69) is 25.2 Å². The van der Waals surface area contributed by atoms with Crippen molar-refractivity contribution in [2.75, 3.05) is 7.11 Å². The Kier molecular flexibility index (Phi) is 6.67. The zero-order valence-corrected chi connectivity index (χ0v) is 16.6. The van der Waals surface area contributed by atoms with Gasteiger partial charge in [0.2, 0.25) is 0 Å². The second-order valence-electron chi connectivity index (χ2n) is 6.71. The predicted molar refractivity (Wildman–Crippen MR) is 105 cm³/mol. The molecule has 2 rings (SSSR count). The maximum absolute atomic E-state index is 12.6. The number of amides is 1. The number of rotatable bonds is 7. The molecule has 4 nitrogen and oxygen atoms in total. The highest BCUT2D eigenvalue weighted by Gasteiger charge is 2.20. The Labute approximate surface area is 156 Å². The average Bonchev–Trinajstić information content (AvgIpc) is 2.63. The summed E-state index contributed by atoms with van der Waals surface area (Å²) in [6.07, 6.45) is 0.232. The normalized spacial score (nSPS) is 13.0. The second-order valence-corrected chi connectivity index (χ2v) is 6.71. The SMILES string of the molecule is CC[C@H](NC(=O)[C@@H](C)Oc1cc(C)cc(C)c1C)c1ccc(OC)cc1. The monoisotopic (exact) mass is 355 g/mol. The van der Waals surface area contributed by atoms with Crippen molar-refractivity contribution in [2.45, 2.75) is 53.2 Å². The molecule has 0 saturated carbocycles. The van der Waals surface area contributed by atoms with Crippen molar-refractivity contribution < 1.29 is 14.3 Å². The van der Waals surface area contributed by atoms with E-state index < -0.39 is 6.10 Å². The number of carbonyl (C=O) groups is 1. The van der Waals surface area contributed by atoms with Gasteiger partial charge in [0.05, 0.1) is 13.2 Å². The fourth-order valence-corrected chi connectivity index (χ4v) is 2.91. The molecule has 0 aliphatic heterocycles. The van der Waals surface area contributed by atoms with Crippen molar-refractivity contribution in [2.24, 2.45) is 0 Å². The minimum absolute atomic E-state index is 0.0557. The Hall–Kier alpha value is -2.49. The van der Waals surface area contributed by atoms with E-state index in [0.717, 1.165) is 40.2 Å². The van der Waals surface area contributed by atoms with Gasteiger partial charge >= 0.3 is 0 Å². The molecule has 0 fully saturated rings. The van der Waals surface area contributed by atoms with Crippen LogP contribution in [-0.2, 0) is 4.79 Å². The molecule has 0 aromatic heterocycles. The lowest BCUT2D eigenvalue weighted by Crippen LogP contribution is -2.38. The number of hydrogen-bond donors (Lipinski definition) is 1. The Morgan fingerprint density at radius 1 is 1.12 bits per heavy atom. The standard InChI is InChI=1S/C22H29NO3/c1-7-20(18-8-10-19(25-6)11-9-18)23-22(24)17(5)26-21-13-14(2)12-15(3)16(21)4/h8-13,17,20H,7H2,1-6H3,(H,23,24)/t17-,20+/m1/s1. The molecule has 2 aromatic rings. The van der Waals surface area contributed by atoms with Crippen LogP contribution < -0.4 is 14.8 Å². The van der Waals surface area contributed by atoms with Crippen LogP contribution in [0.2, 0.25) is 0 Å². The van der Waals surface area contributed by atoms with Gasteiger partial charge in [-0.15, -0.1) is 0 Å². The summed E-state index contributed by atoms with van der Waals surface area (Å²) in [6.45, 7) is 9.93. The first-order chi connectivity index (χ1) is 12.3. The summed E-state index contributed by atoms with van der Waals surface area (Å²) >= 11 is 0. The molecule has 26 heavy (non-hydrogen) atoms. The van der Waals surface area contributed by atoms with Crippen LogP contribution in [0.1, 0.15) is 48.6 Å². The number of nitrogens with one attached hydrogen (secondary N) is 1. The molecule has 0 radical (unpaired) electrons. The third-order valence-electron chi connectivity index (χ3n) is 4.68. The van der Waals surface area contributed by atoms with E-state index >= 15 is 0 Å². The van der Waals surface area contributed by atoms with Crippen molar-refractivity contribution in [1.29, 1.82) is 0 Å². The highest BCUT2D eigenvalue weighted by molar-refractivity contribution is 5.81. The third kappa shape index (κ3) is 4.78. The maximum Gasteiger partial charge on any atom is 0.261 e. The van der Waals surface area contributed by atoms with Gasteiger partial charge in [0.25, 0.3) is 5.91 Å². The molecule has 2 aromatic carbocycles. The second kappa shape index (κ2) is 8.75. The Balaban J connectivity index is 2.07. The van der Waals surface area contributed by atoms with Crippen molar-refractivity contribution in [1.82, 2.24) is 5.32 Å². The zero-order valence-electron chi connectivity index (χ0n) is 16.6. The molecule has 4 heteroatoms. The lowest BCUT2D eigenvalue weighted by molar-refractivity contribution is -0.128. The largest absolute Gasteiger partial charge is 0.497 e. The molecular formula is C22H29NO3. The third-order valence-corrected chi connectivity index (χ3v) is 4.68. The van der Waals surface area contributed by atoms with E-state index in [9.17, 15) is 4.79 Å². The molecule has 0 spiro atoms. The van der Waals surface area contributed by atoms with Crippen LogP contribution in [0.15, 0.2) is 36.4 Å². The molecule has 0 aliphatic rings. The van der Waals surface area contributed by atoms with Gasteiger partial charge in [0, 0.05) is 0 Å².